The van der Waals surface area contributed by atoms with E-state index in [0.29, 0.717) is 30.9 Å². The van der Waals surface area contributed by atoms with E-state index in [2.05, 4.69) is 5.32 Å². The Hall–Kier alpha value is -2.22. The number of methoxy groups -OCH3 is 1. The third-order valence-corrected chi connectivity index (χ3v) is 2.90. The molecular formula is C16H22N2O3. The summed E-state index contributed by atoms with van der Waals surface area (Å²) in [4.78, 5) is 11.6. The first-order valence-electron chi connectivity index (χ1n) is 7.09. The summed E-state index contributed by atoms with van der Waals surface area (Å²) in [5.41, 5.74) is 0.996. The third-order valence-electron chi connectivity index (χ3n) is 2.90. The standard InChI is InChI=1S/C16H22N2O3/c1-4-9-21-14-7-5-13(10-15(14)20-3)6-8-16(19)18-12(2)11-17/h5,7,10,12H,4,6,8-9H2,1-3H3,(H,18,19). The predicted octanol–water partition coefficient (Wildman–Crippen LogP) is 2.44. The van der Waals surface area contributed by atoms with Gasteiger partial charge in [0, 0.05) is 6.42 Å². The van der Waals surface area contributed by atoms with Crippen LogP contribution in [-0.4, -0.2) is 25.7 Å². The van der Waals surface area contributed by atoms with Gasteiger partial charge in [-0.2, -0.15) is 5.26 Å². The summed E-state index contributed by atoms with van der Waals surface area (Å²) in [6.07, 6.45) is 1.86. The molecule has 0 aromatic heterocycles. The van der Waals surface area contributed by atoms with Crippen molar-refractivity contribution in [3.05, 3.63) is 23.8 Å². The van der Waals surface area contributed by atoms with Crippen LogP contribution in [0, 0.1) is 11.3 Å². The molecule has 114 valence electrons. The first-order valence-corrected chi connectivity index (χ1v) is 7.09. The van der Waals surface area contributed by atoms with Crippen LogP contribution in [0.25, 0.3) is 0 Å². The van der Waals surface area contributed by atoms with Crippen LogP contribution in [0.15, 0.2) is 18.2 Å². The summed E-state index contributed by atoms with van der Waals surface area (Å²) < 4.78 is 10.9. The summed E-state index contributed by atoms with van der Waals surface area (Å²) in [5.74, 6) is 1.26. The maximum absolute atomic E-state index is 11.6. The maximum Gasteiger partial charge on any atom is 0.221 e. The fourth-order valence-electron chi connectivity index (χ4n) is 1.80. The van der Waals surface area contributed by atoms with Gasteiger partial charge in [-0.3, -0.25) is 4.79 Å². The van der Waals surface area contributed by atoms with E-state index in [9.17, 15) is 4.79 Å². The number of rotatable bonds is 8. The quantitative estimate of drug-likeness (QED) is 0.798. The molecule has 1 aromatic rings. The van der Waals surface area contributed by atoms with Crippen LogP contribution < -0.4 is 14.8 Å². The number of carbonyl (C=O) groups is 1. The lowest BCUT2D eigenvalue weighted by Gasteiger charge is -2.12. The van der Waals surface area contributed by atoms with Crippen molar-refractivity contribution in [2.45, 2.75) is 39.2 Å². The van der Waals surface area contributed by atoms with Crippen LogP contribution in [0.1, 0.15) is 32.3 Å². The molecule has 0 aliphatic heterocycles. The summed E-state index contributed by atoms with van der Waals surface area (Å²) in [5, 5.41) is 11.3. The Morgan fingerprint density at radius 2 is 2.19 bits per heavy atom. The second-order valence-electron chi connectivity index (χ2n) is 4.75. The zero-order valence-corrected chi connectivity index (χ0v) is 12.8. The van der Waals surface area contributed by atoms with E-state index in [1.54, 1.807) is 14.0 Å². The Morgan fingerprint density at radius 3 is 2.81 bits per heavy atom. The lowest BCUT2D eigenvalue weighted by molar-refractivity contribution is -0.121. The van der Waals surface area contributed by atoms with E-state index in [4.69, 9.17) is 14.7 Å². The normalized spacial score (nSPS) is 11.3. The lowest BCUT2D eigenvalue weighted by Crippen LogP contribution is -2.31. The van der Waals surface area contributed by atoms with Gasteiger partial charge in [0.15, 0.2) is 11.5 Å². The summed E-state index contributed by atoms with van der Waals surface area (Å²) >= 11 is 0. The van der Waals surface area contributed by atoms with Crippen LogP contribution in [0.5, 0.6) is 11.5 Å². The number of nitrogens with zero attached hydrogens (tertiary/aromatic N) is 1. The summed E-state index contributed by atoms with van der Waals surface area (Å²) in [6.45, 7) is 4.34. The number of nitrogens with one attached hydrogen (secondary N) is 1. The minimum atomic E-state index is -0.461. The zero-order chi connectivity index (χ0) is 15.7. The molecule has 0 spiro atoms. The average molecular weight is 290 g/mol. The number of hydrogen-bond acceptors (Lipinski definition) is 4. The molecule has 5 nitrogen and oxygen atoms in total. The van der Waals surface area contributed by atoms with Gasteiger partial charge < -0.3 is 14.8 Å². The topological polar surface area (TPSA) is 71.3 Å². The van der Waals surface area contributed by atoms with Crippen molar-refractivity contribution in [3.63, 3.8) is 0 Å². The van der Waals surface area contributed by atoms with Gasteiger partial charge in [0.05, 0.1) is 19.8 Å². The van der Waals surface area contributed by atoms with E-state index in [0.717, 1.165) is 12.0 Å². The molecular weight excluding hydrogens is 268 g/mol. The highest BCUT2D eigenvalue weighted by Crippen LogP contribution is 2.28. The van der Waals surface area contributed by atoms with Crippen LogP contribution in [0.2, 0.25) is 0 Å². The molecule has 1 aromatic carbocycles. The van der Waals surface area contributed by atoms with E-state index in [1.165, 1.54) is 0 Å². The molecule has 1 amide bonds. The number of nitriles is 1. The highest BCUT2D eigenvalue weighted by molar-refractivity contribution is 5.76. The zero-order valence-electron chi connectivity index (χ0n) is 12.8. The number of benzene rings is 1. The SMILES string of the molecule is CCCOc1ccc(CCC(=O)NC(C)C#N)cc1OC. The molecule has 1 unspecified atom stereocenters. The van der Waals surface area contributed by atoms with Crippen molar-refractivity contribution in [2.24, 2.45) is 0 Å². The largest absolute Gasteiger partial charge is 0.493 e. The molecule has 1 atom stereocenters. The first kappa shape index (κ1) is 16.8. The van der Waals surface area contributed by atoms with Crippen molar-refractivity contribution in [1.82, 2.24) is 5.32 Å². The highest BCUT2D eigenvalue weighted by atomic mass is 16.5. The molecule has 0 aliphatic carbocycles. The second kappa shape index (κ2) is 8.85. The summed E-state index contributed by atoms with van der Waals surface area (Å²) in [6, 6.07) is 7.18. The van der Waals surface area contributed by atoms with E-state index < -0.39 is 6.04 Å². The number of ether oxygens (including phenoxy) is 2. The molecule has 0 bridgehead atoms. The molecule has 0 fully saturated rings. The Labute approximate surface area is 125 Å². The molecule has 21 heavy (non-hydrogen) atoms. The Bertz CT molecular complexity index is 509. The van der Waals surface area contributed by atoms with Crippen molar-refractivity contribution in [2.75, 3.05) is 13.7 Å². The van der Waals surface area contributed by atoms with Gasteiger partial charge in [-0.05, 0) is 37.5 Å². The molecule has 0 radical (unpaired) electrons. The fraction of sp³-hybridized carbons (Fsp3) is 0.500. The van der Waals surface area contributed by atoms with Crippen LogP contribution in [0.4, 0.5) is 0 Å². The van der Waals surface area contributed by atoms with E-state index in [-0.39, 0.29) is 5.91 Å². The van der Waals surface area contributed by atoms with Gasteiger partial charge >= 0.3 is 0 Å². The molecule has 0 saturated carbocycles. The molecule has 0 saturated heterocycles. The van der Waals surface area contributed by atoms with Gasteiger partial charge in [0.1, 0.15) is 6.04 Å². The van der Waals surface area contributed by atoms with Crippen LogP contribution in [0.3, 0.4) is 0 Å². The van der Waals surface area contributed by atoms with Crippen molar-refractivity contribution < 1.29 is 14.3 Å². The monoisotopic (exact) mass is 290 g/mol. The Kier molecular flexibility index (Phi) is 7.10. The fourth-order valence-corrected chi connectivity index (χ4v) is 1.80. The highest BCUT2D eigenvalue weighted by Gasteiger charge is 2.09. The second-order valence-corrected chi connectivity index (χ2v) is 4.75. The molecule has 0 aliphatic rings. The van der Waals surface area contributed by atoms with E-state index in [1.807, 2.05) is 31.2 Å². The van der Waals surface area contributed by atoms with Gasteiger partial charge in [0.25, 0.3) is 0 Å². The van der Waals surface area contributed by atoms with Crippen molar-refractivity contribution in [3.8, 4) is 17.6 Å². The minimum absolute atomic E-state index is 0.130. The number of hydrogen-bond donors (Lipinski definition) is 1. The van der Waals surface area contributed by atoms with Gasteiger partial charge in [0.2, 0.25) is 5.91 Å². The van der Waals surface area contributed by atoms with E-state index >= 15 is 0 Å². The average Bonchev–Trinajstić information content (AvgIpc) is 2.50. The first-order chi connectivity index (χ1) is 10.1. The molecule has 1 N–H and O–H groups in total. The van der Waals surface area contributed by atoms with Crippen LogP contribution >= 0.6 is 0 Å². The Morgan fingerprint density at radius 1 is 1.43 bits per heavy atom. The number of aryl methyl sites for hydroxylation is 1. The summed E-state index contributed by atoms with van der Waals surface area (Å²) in [7, 11) is 1.60. The van der Waals surface area contributed by atoms with Crippen molar-refractivity contribution >= 4 is 5.91 Å². The Balaban J connectivity index is 2.60. The molecule has 0 heterocycles. The maximum atomic E-state index is 11.6. The van der Waals surface area contributed by atoms with Gasteiger partial charge in [-0.25, -0.2) is 0 Å². The lowest BCUT2D eigenvalue weighted by atomic mass is 10.1. The van der Waals surface area contributed by atoms with Crippen molar-refractivity contribution in [1.29, 1.82) is 5.26 Å². The predicted molar refractivity (Wildman–Crippen MR) is 80.3 cm³/mol. The molecule has 5 heteroatoms. The minimum Gasteiger partial charge on any atom is -0.493 e. The number of amides is 1. The van der Waals surface area contributed by atoms with Gasteiger partial charge in [-0.15, -0.1) is 0 Å². The van der Waals surface area contributed by atoms with Crippen LogP contribution in [-0.2, 0) is 11.2 Å². The third kappa shape index (κ3) is 5.74. The molecule has 1 rings (SSSR count). The number of carbonyl (C=O) groups excluding carboxylic acids is 1. The smallest absolute Gasteiger partial charge is 0.221 e. The van der Waals surface area contributed by atoms with Gasteiger partial charge in [-0.1, -0.05) is 13.0 Å².